The van der Waals surface area contributed by atoms with Crippen LogP contribution >= 0.6 is 24.0 Å². The quantitative estimate of drug-likeness (QED) is 0.219. The second-order valence-electron chi connectivity index (χ2n) is 5.16. The summed E-state index contributed by atoms with van der Waals surface area (Å²) < 4.78 is 10.6. The molecule has 0 amide bonds. The number of hydrogen-bond donors (Lipinski definition) is 2. The van der Waals surface area contributed by atoms with E-state index in [-0.39, 0.29) is 35.5 Å². The molecule has 1 heterocycles. The first kappa shape index (κ1) is 20.4. The van der Waals surface area contributed by atoms with Crippen LogP contribution in [0.3, 0.4) is 0 Å². The summed E-state index contributed by atoms with van der Waals surface area (Å²) in [5.74, 6) is 0.592. The molecule has 1 unspecified atom stereocenters. The molecule has 0 spiro atoms. The fourth-order valence-electron chi connectivity index (χ4n) is 2.14. The SMILES string of the molecule is CCOC(=O)CCCNC(=NC)NCC1(C)CCCO1.I. The number of hydrogen-bond acceptors (Lipinski definition) is 4. The Balaban J connectivity index is 0.00000400. The summed E-state index contributed by atoms with van der Waals surface area (Å²) in [6, 6.07) is 0. The maximum atomic E-state index is 11.2. The Morgan fingerprint density at radius 2 is 2.19 bits per heavy atom. The first-order chi connectivity index (χ1) is 9.59. The van der Waals surface area contributed by atoms with Crippen LogP contribution in [0.4, 0.5) is 0 Å². The average molecular weight is 413 g/mol. The molecule has 1 aliphatic rings. The van der Waals surface area contributed by atoms with Crippen molar-refractivity contribution < 1.29 is 14.3 Å². The highest BCUT2D eigenvalue weighted by Crippen LogP contribution is 2.23. The van der Waals surface area contributed by atoms with Gasteiger partial charge in [-0.15, -0.1) is 24.0 Å². The lowest BCUT2D eigenvalue weighted by atomic mass is 10.0. The van der Waals surface area contributed by atoms with Gasteiger partial charge < -0.3 is 20.1 Å². The number of guanidine groups is 1. The van der Waals surface area contributed by atoms with Crippen molar-refractivity contribution in [3.8, 4) is 0 Å². The van der Waals surface area contributed by atoms with Crippen molar-refractivity contribution in [2.75, 3.05) is 33.4 Å². The summed E-state index contributed by atoms with van der Waals surface area (Å²) in [6.45, 7) is 6.63. The molecule has 0 aliphatic carbocycles. The maximum absolute atomic E-state index is 11.2. The molecule has 21 heavy (non-hydrogen) atoms. The molecule has 0 aromatic heterocycles. The van der Waals surface area contributed by atoms with Gasteiger partial charge in [0.1, 0.15) is 0 Å². The van der Waals surface area contributed by atoms with Gasteiger partial charge in [-0.25, -0.2) is 0 Å². The van der Waals surface area contributed by atoms with Gasteiger partial charge in [0.25, 0.3) is 0 Å². The molecular weight excluding hydrogens is 385 g/mol. The standard InChI is InChI=1S/C14H27N3O3.HI/c1-4-19-12(18)7-5-9-16-13(15-3)17-11-14(2)8-6-10-20-14;/h4-11H2,1-3H3,(H2,15,16,17);1H. The van der Waals surface area contributed by atoms with Gasteiger partial charge in [-0.05, 0) is 33.1 Å². The first-order valence-corrected chi connectivity index (χ1v) is 7.34. The van der Waals surface area contributed by atoms with Gasteiger partial charge in [-0.1, -0.05) is 0 Å². The van der Waals surface area contributed by atoms with Gasteiger partial charge in [-0.2, -0.15) is 0 Å². The molecule has 7 heteroatoms. The molecule has 1 atom stereocenters. The number of carbonyl (C=O) groups excluding carboxylic acids is 1. The fraction of sp³-hybridized carbons (Fsp3) is 0.857. The van der Waals surface area contributed by atoms with Crippen molar-refractivity contribution in [3.05, 3.63) is 0 Å². The highest BCUT2D eigenvalue weighted by Gasteiger charge is 2.29. The van der Waals surface area contributed by atoms with Gasteiger partial charge in [0.15, 0.2) is 5.96 Å². The number of rotatable bonds is 7. The Kier molecular flexibility index (Phi) is 10.8. The first-order valence-electron chi connectivity index (χ1n) is 7.34. The molecule has 6 nitrogen and oxygen atoms in total. The molecule has 0 aromatic carbocycles. The number of aliphatic imine (C=N–C) groups is 1. The van der Waals surface area contributed by atoms with Gasteiger partial charge in [-0.3, -0.25) is 9.79 Å². The molecule has 1 fully saturated rings. The largest absolute Gasteiger partial charge is 0.466 e. The minimum absolute atomic E-state index is 0. The molecule has 124 valence electrons. The molecule has 0 aromatic rings. The van der Waals surface area contributed by atoms with E-state index in [1.54, 1.807) is 7.05 Å². The van der Waals surface area contributed by atoms with Crippen molar-refractivity contribution in [2.24, 2.45) is 4.99 Å². The summed E-state index contributed by atoms with van der Waals surface area (Å²) >= 11 is 0. The number of nitrogens with zero attached hydrogens (tertiary/aromatic N) is 1. The molecule has 2 N–H and O–H groups in total. The second-order valence-corrected chi connectivity index (χ2v) is 5.16. The van der Waals surface area contributed by atoms with E-state index in [9.17, 15) is 4.79 Å². The number of ether oxygens (including phenoxy) is 2. The predicted octanol–water partition coefficient (Wildman–Crippen LogP) is 1.68. The topological polar surface area (TPSA) is 72.0 Å². The molecule has 1 aliphatic heterocycles. The number of carbonyl (C=O) groups is 1. The summed E-state index contributed by atoms with van der Waals surface area (Å²) in [4.78, 5) is 15.3. The molecule has 1 saturated heterocycles. The minimum Gasteiger partial charge on any atom is -0.466 e. The zero-order valence-corrected chi connectivity index (χ0v) is 15.6. The van der Waals surface area contributed by atoms with Crippen LogP contribution in [-0.2, 0) is 14.3 Å². The normalized spacial score (nSPS) is 21.6. The van der Waals surface area contributed by atoms with Crippen LogP contribution in [0.2, 0.25) is 0 Å². The second kappa shape index (κ2) is 11.1. The Bertz CT molecular complexity index is 331. The lowest BCUT2D eigenvalue weighted by Crippen LogP contribution is -2.45. The third kappa shape index (κ3) is 8.45. The lowest BCUT2D eigenvalue weighted by molar-refractivity contribution is -0.143. The van der Waals surface area contributed by atoms with Crippen LogP contribution in [0, 0.1) is 0 Å². The maximum Gasteiger partial charge on any atom is 0.305 e. The Morgan fingerprint density at radius 3 is 2.76 bits per heavy atom. The van der Waals surface area contributed by atoms with Crippen LogP contribution in [0.1, 0.15) is 39.5 Å². The van der Waals surface area contributed by atoms with Gasteiger partial charge in [0.2, 0.25) is 0 Å². The third-order valence-corrected chi connectivity index (χ3v) is 3.31. The lowest BCUT2D eigenvalue weighted by Gasteiger charge is -2.24. The smallest absolute Gasteiger partial charge is 0.305 e. The zero-order chi connectivity index (χ0) is 14.8. The van der Waals surface area contributed by atoms with E-state index in [1.807, 2.05) is 6.92 Å². The van der Waals surface area contributed by atoms with Crippen LogP contribution in [-0.4, -0.2) is 50.9 Å². The van der Waals surface area contributed by atoms with Crippen molar-refractivity contribution in [2.45, 2.75) is 45.1 Å². The Labute approximate surface area is 144 Å². The fourth-order valence-corrected chi connectivity index (χ4v) is 2.14. The van der Waals surface area contributed by atoms with E-state index in [0.717, 1.165) is 38.4 Å². The highest BCUT2D eigenvalue weighted by atomic mass is 127. The van der Waals surface area contributed by atoms with Crippen LogP contribution in [0.25, 0.3) is 0 Å². The van der Waals surface area contributed by atoms with Crippen molar-refractivity contribution in [1.82, 2.24) is 10.6 Å². The van der Waals surface area contributed by atoms with Gasteiger partial charge >= 0.3 is 5.97 Å². The van der Waals surface area contributed by atoms with Crippen molar-refractivity contribution >= 4 is 35.9 Å². The Hall–Kier alpha value is -0.570. The number of nitrogens with one attached hydrogen (secondary N) is 2. The van der Waals surface area contributed by atoms with E-state index in [2.05, 4.69) is 22.5 Å². The molecular formula is C14H28IN3O3. The van der Waals surface area contributed by atoms with Crippen LogP contribution in [0.5, 0.6) is 0 Å². The monoisotopic (exact) mass is 413 g/mol. The molecule has 0 saturated carbocycles. The number of halogens is 1. The molecule has 0 bridgehead atoms. The Morgan fingerprint density at radius 1 is 1.43 bits per heavy atom. The minimum atomic E-state index is -0.149. The van der Waals surface area contributed by atoms with E-state index in [0.29, 0.717) is 19.6 Å². The van der Waals surface area contributed by atoms with Gasteiger partial charge in [0.05, 0.1) is 12.2 Å². The predicted molar refractivity (Wildman–Crippen MR) is 94.2 cm³/mol. The van der Waals surface area contributed by atoms with Gasteiger partial charge in [0, 0.05) is 33.2 Å². The average Bonchev–Trinajstić information content (AvgIpc) is 2.85. The summed E-state index contributed by atoms with van der Waals surface area (Å²) in [7, 11) is 1.73. The van der Waals surface area contributed by atoms with E-state index in [4.69, 9.17) is 9.47 Å². The highest BCUT2D eigenvalue weighted by molar-refractivity contribution is 14.0. The van der Waals surface area contributed by atoms with Crippen LogP contribution < -0.4 is 10.6 Å². The van der Waals surface area contributed by atoms with E-state index >= 15 is 0 Å². The van der Waals surface area contributed by atoms with Crippen LogP contribution in [0.15, 0.2) is 4.99 Å². The van der Waals surface area contributed by atoms with E-state index < -0.39 is 0 Å². The number of esters is 1. The summed E-state index contributed by atoms with van der Waals surface area (Å²) in [5, 5.41) is 6.45. The molecule has 1 rings (SSSR count). The van der Waals surface area contributed by atoms with Crippen molar-refractivity contribution in [1.29, 1.82) is 0 Å². The van der Waals surface area contributed by atoms with E-state index in [1.165, 1.54) is 0 Å². The summed E-state index contributed by atoms with van der Waals surface area (Å²) in [6.07, 6.45) is 3.34. The van der Waals surface area contributed by atoms with Crippen molar-refractivity contribution in [3.63, 3.8) is 0 Å². The summed E-state index contributed by atoms with van der Waals surface area (Å²) in [5.41, 5.74) is -0.0947. The third-order valence-electron chi connectivity index (χ3n) is 3.31. The molecule has 0 radical (unpaired) electrons. The zero-order valence-electron chi connectivity index (χ0n) is 13.2.